The molecular weight excluding hydrogens is 134 g/mol. The Morgan fingerprint density at radius 2 is 2.22 bits per heavy atom. The van der Waals surface area contributed by atoms with Gasteiger partial charge in [-0.2, -0.15) is 0 Å². The van der Waals surface area contributed by atoms with Crippen molar-refractivity contribution in [1.82, 2.24) is 4.90 Å². The summed E-state index contributed by atoms with van der Waals surface area (Å²) in [7, 11) is 3.65. The molecule has 0 rings (SSSR count). The average Bonchev–Trinajstić information content (AvgIpc) is 1.82. The van der Waals surface area contributed by atoms with Crippen molar-refractivity contribution in [3.05, 3.63) is 0 Å². The summed E-state index contributed by atoms with van der Waals surface area (Å²) < 4.78 is 4.86. The van der Waals surface area contributed by atoms with Gasteiger partial charge in [0, 0.05) is 20.7 Å². The van der Waals surface area contributed by atoms with Gasteiger partial charge < -0.3 is 9.64 Å². The Labute approximate surface area is 61.8 Å². The van der Waals surface area contributed by atoms with Crippen LogP contribution in [0.1, 0.15) is 6.92 Å². The van der Waals surface area contributed by atoms with Crippen LogP contribution in [0.2, 0.25) is 0 Å². The minimum atomic E-state index is 0.741. The highest BCUT2D eigenvalue weighted by molar-refractivity contribution is 7.80. The highest BCUT2D eigenvalue weighted by atomic mass is 32.1. The smallest absolute Gasteiger partial charge is 0.0746 e. The van der Waals surface area contributed by atoms with Gasteiger partial charge in [-0.05, 0) is 6.92 Å². The Hall–Kier alpha value is -0.150. The maximum Gasteiger partial charge on any atom is 0.0746 e. The van der Waals surface area contributed by atoms with E-state index in [0.717, 1.165) is 18.1 Å². The van der Waals surface area contributed by atoms with Crippen molar-refractivity contribution in [3.63, 3.8) is 0 Å². The number of nitrogens with zero attached hydrogens (tertiary/aromatic N) is 1. The molecule has 0 radical (unpaired) electrons. The summed E-state index contributed by atoms with van der Waals surface area (Å²) in [5, 5.41) is 0. The van der Waals surface area contributed by atoms with Crippen LogP contribution >= 0.6 is 12.2 Å². The van der Waals surface area contributed by atoms with Gasteiger partial charge in [0.05, 0.1) is 11.6 Å². The first-order chi connectivity index (χ1) is 4.18. The van der Waals surface area contributed by atoms with Crippen molar-refractivity contribution in [3.8, 4) is 0 Å². The molecule has 0 fully saturated rings. The molecule has 0 aromatic rings. The van der Waals surface area contributed by atoms with Gasteiger partial charge in [0.15, 0.2) is 0 Å². The van der Waals surface area contributed by atoms with Crippen LogP contribution in [-0.2, 0) is 4.74 Å². The maximum atomic E-state index is 4.90. The van der Waals surface area contributed by atoms with Gasteiger partial charge in [-0.25, -0.2) is 0 Å². The van der Waals surface area contributed by atoms with E-state index in [1.165, 1.54) is 0 Å². The zero-order valence-electron chi connectivity index (χ0n) is 6.18. The molecule has 0 spiro atoms. The number of rotatable bonds is 3. The van der Waals surface area contributed by atoms with E-state index >= 15 is 0 Å². The van der Waals surface area contributed by atoms with Crippen molar-refractivity contribution >= 4 is 17.2 Å². The van der Waals surface area contributed by atoms with Crippen molar-refractivity contribution in [1.29, 1.82) is 0 Å². The lowest BCUT2D eigenvalue weighted by Gasteiger charge is -2.15. The maximum absolute atomic E-state index is 4.90. The number of likely N-dealkylation sites (N-methyl/N-ethyl adjacent to an activating group) is 1. The highest BCUT2D eigenvalue weighted by Crippen LogP contribution is 1.85. The Balaban J connectivity index is 3.27. The summed E-state index contributed by atoms with van der Waals surface area (Å²) in [6.45, 7) is 3.53. The molecule has 3 heteroatoms. The van der Waals surface area contributed by atoms with Crippen LogP contribution in [0.25, 0.3) is 0 Å². The van der Waals surface area contributed by atoms with Crippen molar-refractivity contribution in [2.75, 3.05) is 27.3 Å². The van der Waals surface area contributed by atoms with Crippen molar-refractivity contribution in [2.45, 2.75) is 6.92 Å². The van der Waals surface area contributed by atoms with Gasteiger partial charge in [-0.1, -0.05) is 12.2 Å². The van der Waals surface area contributed by atoms with Crippen LogP contribution in [0.4, 0.5) is 0 Å². The Morgan fingerprint density at radius 1 is 1.67 bits per heavy atom. The minimum absolute atomic E-state index is 0.741. The van der Waals surface area contributed by atoms with E-state index in [9.17, 15) is 0 Å². The second kappa shape index (κ2) is 4.70. The molecular formula is C6H13NOS. The Kier molecular flexibility index (Phi) is 4.62. The average molecular weight is 147 g/mol. The lowest BCUT2D eigenvalue weighted by Crippen LogP contribution is -2.25. The van der Waals surface area contributed by atoms with E-state index in [1.54, 1.807) is 7.11 Å². The zero-order chi connectivity index (χ0) is 7.28. The second-order valence-corrected chi connectivity index (χ2v) is 2.52. The highest BCUT2D eigenvalue weighted by Gasteiger charge is 1.94. The molecule has 0 saturated heterocycles. The molecule has 2 nitrogen and oxygen atoms in total. The van der Waals surface area contributed by atoms with E-state index < -0.39 is 0 Å². The van der Waals surface area contributed by atoms with E-state index in [4.69, 9.17) is 17.0 Å². The third kappa shape index (κ3) is 4.36. The van der Waals surface area contributed by atoms with Crippen LogP contribution in [0.5, 0.6) is 0 Å². The SMILES string of the molecule is COCCN(C)C(C)=S. The number of methoxy groups -OCH3 is 1. The number of hydrogen-bond donors (Lipinski definition) is 0. The van der Waals surface area contributed by atoms with E-state index in [2.05, 4.69) is 0 Å². The molecule has 0 unspecified atom stereocenters. The molecule has 0 saturated carbocycles. The summed E-state index contributed by atoms with van der Waals surface area (Å²) >= 11 is 4.90. The molecule has 0 bridgehead atoms. The monoisotopic (exact) mass is 147 g/mol. The van der Waals surface area contributed by atoms with Crippen LogP contribution < -0.4 is 0 Å². The first kappa shape index (κ1) is 8.85. The summed E-state index contributed by atoms with van der Waals surface area (Å²) in [6.07, 6.45) is 0. The fourth-order valence-corrected chi connectivity index (χ4v) is 0.477. The molecule has 9 heavy (non-hydrogen) atoms. The number of hydrogen-bond acceptors (Lipinski definition) is 2. The topological polar surface area (TPSA) is 12.5 Å². The van der Waals surface area contributed by atoms with Crippen LogP contribution in [0.3, 0.4) is 0 Å². The van der Waals surface area contributed by atoms with Crippen molar-refractivity contribution in [2.24, 2.45) is 0 Å². The van der Waals surface area contributed by atoms with E-state index in [-0.39, 0.29) is 0 Å². The number of ether oxygens (including phenoxy) is 1. The van der Waals surface area contributed by atoms with Gasteiger partial charge >= 0.3 is 0 Å². The summed E-state index contributed by atoms with van der Waals surface area (Å²) in [4.78, 5) is 2.89. The molecule has 0 aliphatic rings. The third-order valence-electron chi connectivity index (χ3n) is 1.17. The molecule has 0 atom stereocenters. The van der Waals surface area contributed by atoms with E-state index in [1.807, 2.05) is 18.9 Å². The summed E-state index contributed by atoms with van der Waals surface area (Å²) in [5.74, 6) is 0. The predicted molar refractivity (Wildman–Crippen MR) is 42.8 cm³/mol. The largest absolute Gasteiger partial charge is 0.383 e. The van der Waals surface area contributed by atoms with Gasteiger partial charge in [0.25, 0.3) is 0 Å². The Morgan fingerprint density at radius 3 is 2.56 bits per heavy atom. The minimum Gasteiger partial charge on any atom is -0.383 e. The molecule has 0 aromatic carbocycles. The quantitative estimate of drug-likeness (QED) is 0.551. The molecule has 0 aromatic heterocycles. The second-order valence-electron chi connectivity index (χ2n) is 1.93. The first-order valence-corrected chi connectivity index (χ1v) is 3.30. The van der Waals surface area contributed by atoms with Crippen LogP contribution in [-0.4, -0.2) is 37.2 Å². The van der Waals surface area contributed by atoms with Crippen LogP contribution in [0, 0.1) is 0 Å². The molecule has 54 valence electrons. The lowest BCUT2D eigenvalue weighted by atomic mass is 10.5. The molecule has 0 N–H and O–H groups in total. The predicted octanol–water partition coefficient (Wildman–Crippen LogP) is 0.912. The molecule has 0 aliphatic carbocycles. The Bertz CT molecular complexity index is 95.1. The lowest BCUT2D eigenvalue weighted by molar-refractivity contribution is 0.183. The molecule has 0 heterocycles. The fraction of sp³-hybridized carbons (Fsp3) is 0.833. The van der Waals surface area contributed by atoms with Crippen LogP contribution in [0.15, 0.2) is 0 Å². The zero-order valence-corrected chi connectivity index (χ0v) is 6.99. The van der Waals surface area contributed by atoms with Gasteiger partial charge in [0.1, 0.15) is 0 Å². The van der Waals surface area contributed by atoms with Gasteiger partial charge in [0.2, 0.25) is 0 Å². The van der Waals surface area contributed by atoms with E-state index in [0.29, 0.717) is 0 Å². The first-order valence-electron chi connectivity index (χ1n) is 2.89. The fourth-order valence-electron chi connectivity index (χ4n) is 0.386. The third-order valence-corrected chi connectivity index (χ3v) is 1.48. The van der Waals surface area contributed by atoms with Gasteiger partial charge in [-0.3, -0.25) is 0 Å². The van der Waals surface area contributed by atoms with Gasteiger partial charge in [-0.15, -0.1) is 0 Å². The summed E-state index contributed by atoms with van der Waals surface area (Å²) in [6, 6.07) is 0. The molecule has 0 amide bonds. The normalized spacial score (nSPS) is 9.22. The summed E-state index contributed by atoms with van der Waals surface area (Å²) in [5.41, 5.74) is 0. The van der Waals surface area contributed by atoms with Crippen molar-refractivity contribution < 1.29 is 4.74 Å². The number of thiocarbonyl (C=S) groups is 1. The molecule has 0 aliphatic heterocycles. The standard InChI is InChI=1S/C6H13NOS/c1-6(9)7(2)4-5-8-3/h4-5H2,1-3H3.